The molecule has 3 aromatic carbocycles. The monoisotopic (exact) mass is 392 g/mol. The molecule has 0 heterocycles. The Morgan fingerprint density at radius 2 is 1.48 bits per heavy atom. The smallest absolute Gasteiger partial charge is 0.255 e. The Hall–Kier alpha value is -3.51. The molecule has 148 valence electrons. The first kappa shape index (κ1) is 20.2. The lowest BCUT2D eigenvalue weighted by molar-refractivity contribution is 0.0950. The van der Waals surface area contributed by atoms with Crippen LogP contribution < -0.4 is 10.6 Å². The molecule has 0 aliphatic carbocycles. The van der Waals surface area contributed by atoms with Crippen LogP contribution in [0, 0.1) is 5.82 Å². The molecule has 0 saturated heterocycles. The normalized spacial score (nSPS) is 10.4. The van der Waals surface area contributed by atoms with Crippen LogP contribution >= 0.6 is 0 Å². The van der Waals surface area contributed by atoms with Gasteiger partial charge in [-0.2, -0.15) is 0 Å². The summed E-state index contributed by atoms with van der Waals surface area (Å²) in [6.07, 6.45) is 0. The van der Waals surface area contributed by atoms with E-state index in [9.17, 15) is 14.0 Å². The van der Waals surface area contributed by atoms with E-state index in [0.29, 0.717) is 29.0 Å². The van der Waals surface area contributed by atoms with E-state index in [1.807, 2.05) is 12.1 Å². The Morgan fingerprint density at radius 1 is 0.862 bits per heavy atom. The summed E-state index contributed by atoms with van der Waals surface area (Å²) in [7, 11) is 1.62. The Kier molecular flexibility index (Phi) is 6.71. The molecule has 29 heavy (non-hydrogen) atoms. The zero-order valence-electron chi connectivity index (χ0n) is 15.9. The fourth-order valence-corrected chi connectivity index (χ4v) is 2.75. The van der Waals surface area contributed by atoms with E-state index in [-0.39, 0.29) is 24.2 Å². The van der Waals surface area contributed by atoms with Crippen LogP contribution in [0.3, 0.4) is 0 Å². The van der Waals surface area contributed by atoms with Gasteiger partial charge in [-0.1, -0.05) is 30.3 Å². The summed E-state index contributed by atoms with van der Waals surface area (Å²) in [6, 6.07) is 19.9. The molecule has 3 aromatic rings. The van der Waals surface area contributed by atoms with Crippen molar-refractivity contribution in [1.29, 1.82) is 0 Å². The van der Waals surface area contributed by atoms with Crippen molar-refractivity contribution in [2.45, 2.75) is 13.2 Å². The van der Waals surface area contributed by atoms with Gasteiger partial charge in [0.1, 0.15) is 5.82 Å². The predicted octanol–water partition coefficient (Wildman–Crippen LogP) is 4.15. The quantitative estimate of drug-likeness (QED) is 0.635. The summed E-state index contributed by atoms with van der Waals surface area (Å²) in [5, 5.41) is 5.47. The molecule has 0 spiro atoms. The fraction of sp³-hybridized carbons (Fsp3) is 0.130. The van der Waals surface area contributed by atoms with Gasteiger partial charge in [0.2, 0.25) is 0 Å². The van der Waals surface area contributed by atoms with Crippen LogP contribution in [0.4, 0.5) is 10.1 Å². The molecule has 0 atom stereocenters. The molecule has 2 amide bonds. The first-order valence-electron chi connectivity index (χ1n) is 9.07. The van der Waals surface area contributed by atoms with E-state index < -0.39 is 0 Å². The highest BCUT2D eigenvalue weighted by molar-refractivity contribution is 6.04. The molecule has 0 bridgehead atoms. The van der Waals surface area contributed by atoms with Crippen LogP contribution in [0.5, 0.6) is 0 Å². The number of carbonyl (C=O) groups excluding carboxylic acids is 2. The highest BCUT2D eigenvalue weighted by Crippen LogP contribution is 2.13. The van der Waals surface area contributed by atoms with Gasteiger partial charge in [-0.15, -0.1) is 0 Å². The minimum Gasteiger partial charge on any atom is -0.380 e. The minimum absolute atomic E-state index is 0.100. The second-order valence-electron chi connectivity index (χ2n) is 6.44. The van der Waals surface area contributed by atoms with Crippen molar-refractivity contribution >= 4 is 17.5 Å². The number of nitrogens with one attached hydrogen (secondary N) is 2. The van der Waals surface area contributed by atoms with Crippen molar-refractivity contribution < 1.29 is 18.7 Å². The number of anilines is 1. The Morgan fingerprint density at radius 3 is 2.14 bits per heavy atom. The van der Waals surface area contributed by atoms with Crippen LogP contribution in [0.1, 0.15) is 31.8 Å². The molecule has 0 aliphatic heterocycles. The molecule has 0 aromatic heterocycles. The van der Waals surface area contributed by atoms with Gasteiger partial charge in [-0.05, 0) is 48.0 Å². The van der Waals surface area contributed by atoms with Crippen molar-refractivity contribution in [2.75, 3.05) is 12.4 Å². The summed E-state index contributed by atoms with van der Waals surface area (Å²) in [6.45, 7) is 0.589. The Balaban J connectivity index is 1.57. The van der Waals surface area contributed by atoms with Crippen molar-refractivity contribution in [3.8, 4) is 0 Å². The van der Waals surface area contributed by atoms with E-state index in [1.165, 1.54) is 6.07 Å². The topological polar surface area (TPSA) is 67.4 Å². The maximum atomic E-state index is 13.6. The number of rotatable bonds is 7. The second-order valence-corrected chi connectivity index (χ2v) is 6.44. The van der Waals surface area contributed by atoms with Crippen molar-refractivity contribution in [1.82, 2.24) is 5.32 Å². The SMILES string of the molecule is COCc1ccc(C(=O)Nc2ccc(C(=O)NCc3ccccc3F)cc2)cc1. The number of hydrogen-bond donors (Lipinski definition) is 2. The molecule has 0 radical (unpaired) electrons. The van der Waals surface area contributed by atoms with Gasteiger partial charge in [-0.3, -0.25) is 9.59 Å². The van der Waals surface area contributed by atoms with Crippen LogP contribution in [-0.2, 0) is 17.9 Å². The number of methoxy groups -OCH3 is 1. The van der Waals surface area contributed by atoms with Crippen LogP contribution in [-0.4, -0.2) is 18.9 Å². The number of amides is 2. The van der Waals surface area contributed by atoms with E-state index in [0.717, 1.165) is 5.56 Å². The first-order valence-corrected chi connectivity index (χ1v) is 9.07. The lowest BCUT2D eigenvalue weighted by atomic mass is 10.1. The highest BCUT2D eigenvalue weighted by Gasteiger charge is 2.09. The van der Waals surface area contributed by atoms with Crippen LogP contribution in [0.2, 0.25) is 0 Å². The molecule has 3 rings (SSSR count). The van der Waals surface area contributed by atoms with Crippen molar-refractivity contribution in [2.24, 2.45) is 0 Å². The lowest BCUT2D eigenvalue weighted by Crippen LogP contribution is -2.23. The van der Waals surface area contributed by atoms with E-state index in [2.05, 4.69) is 10.6 Å². The number of ether oxygens (including phenoxy) is 1. The summed E-state index contributed by atoms with van der Waals surface area (Å²) in [5.41, 5.74) is 2.91. The Labute approximate surface area is 168 Å². The third-order valence-electron chi connectivity index (χ3n) is 4.33. The minimum atomic E-state index is -0.360. The predicted molar refractivity (Wildman–Crippen MR) is 109 cm³/mol. The first-order chi connectivity index (χ1) is 14.1. The largest absolute Gasteiger partial charge is 0.380 e. The van der Waals surface area contributed by atoms with Gasteiger partial charge >= 0.3 is 0 Å². The summed E-state index contributed by atoms with van der Waals surface area (Å²) in [4.78, 5) is 24.6. The van der Waals surface area contributed by atoms with Crippen molar-refractivity contribution in [3.05, 3.63) is 101 Å². The lowest BCUT2D eigenvalue weighted by Gasteiger charge is -2.09. The average Bonchev–Trinajstić information content (AvgIpc) is 2.74. The van der Waals surface area contributed by atoms with Gasteiger partial charge in [0.15, 0.2) is 0 Å². The molecule has 0 saturated carbocycles. The zero-order valence-corrected chi connectivity index (χ0v) is 15.9. The van der Waals surface area contributed by atoms with Gasteiger partial charge in [0.05, 0.1) is 6.61 Å². The number of halogens is 1. The summed E-state index contributed by atoms with van der Waals surface area (Å²) in [5.74, 6) is -0.924. The summed E-state index contributed by atoms with van der Waals surface area (Å²) >= 11 is 0. The molecule has 0 aliphatic rings. The molecular weight excluding hydrogens is 371 g/mol. The second kappa shape index (κ2) is 9.61. The van der Waals surface area contributed by atoms with Crippen LogP contribution in [0.15, 0.2) is 72.8 Å². The molecule has 6 heteroatoms. The van der Waals surface area contributed by atoms with Crippen molar-refractivity contribution in [3.63, 3.8) is 0 Å². The third kappa shape index (κ3) is 5.49. The van der Waals surface area contributed by atoms with Gasteiger partial charge in [-0.25, -0.2) is 4.39 Å². The summed E-state index contributed by atoms with van der Waals surface area (Å²) < 4.78 is 18.7. The van der Waals surface area contributed by atoms with Gasteiger partial charge in [0, 0.05) is 36.0 Å². The Bertz CT molecular complexity index is 986. The molecule has 0 unspecified atom stereocenters. The zero-order chi connectivity index (χ0) is 20.6. The molecule has 0 fully saturated rings. The van der Waals surface area contributed by atoms with Gasteiger partial charge < -0.3 is 15.4 Å². The highest BCUT2D eigenvalue weighted by atomic mass is 19.1. The van der Waals surface area contributed by atoms with E-state index >= 15 is 0 Å². The molecule has 2 N–H and O–H groups in total. The maximum absolute atomic E-state index is 13.6. The third-order valence-corrected chi connectivity index (χ3v) is 4.33. The number of hydrogen-bond acceptors (Lipinski definition) is 3. The molecule has 5 nitrogen and oxygen atoms in total. The standard InChI is InChI=1S/C23H21FN2O3/c1-29-15-16-6-8-18(9-7-16)23(28)26-20-12-10-17(11-13-20)22(27)25-14-19-4-2-3-5-21(19)24/h2-13H,14-15H2,1H3,(H,25,27)(H,26,28). The van der Waals surface area contributed by atoms with E-state index in [4.69, 9.17) is 4.74 Å². The molecular formula is C23H21FN2O3. The number of carbonyl (C=O) groups is 2. The average molecular weight is 392 g/mol. The number of benzene rings is 3. The maximum Gasteiger partial charge on any atom is 0.255 e. The fourth-order valence-electron chi connectivity index (χ4n) is 2.75. The van der Waals surface area contributed by atoms with E-state index in [1.54, 1.807) is 61.7 Å². The van der Waals surface area contributed by atoms with Crippen LogP contribution in [0.25, 0.3) is 0 Å². The van der Waals surface area contributed by atoms with Gasteiger partial charge in [0.25, 0.3) is 11.8 Å².